The Morgan fingerprint density at radius 1 is 1.19 bits per heavy atom. The first kappa shape index (κ1) is 14.0. The molecule has 114 valence electrons. The van der Waals surface area contributed by atoms with Gasteiger partial charge in [0, 0.05) is 29.5 Å². The predicted molar refractivity (Wildman–Crippen MR) is 72.7 cm³/mol. The maximum atomic E-state index is 11.7. The fourth-order valence-electron chi connectivity index (χ4n) is 3.04. The molecule has 3 atom stereocenters. The summed E-state index contributed by atoms with van der Waals surface area (Å²) in [5.41, 5.74) is 1.55. The molecule has 2 N–H and O–H groups in total. The van der Waals surface area contributed by atoms with Gasteiger partial charge in [0.2, 0.25) is 0 Å². The third-order valence-corrected chi connectivity index (χ3v) is 3.94. The number of phenolic OH excluding ortho intramolecular Hbond substituents is 1. The lowest BCUT2D eigenvalue weighted by Gasteiger charge is -2.17. The molecule has 2 heterocycles. The van der Waals surface area contributed by atoms with Crippen LogP contribution in [0.25, 0.3) is 0 Å². The third-order valence-electron chi connectivity index (χ3n) is 3.94. The van der Waals surface area contributed by atoms with Crippen LogP contribution in [-0.4, -0.2) is 35.5 Å². The smallest absolute Gasteiger partial charge is 0.339 e. The van der Waals surface area contributed by atoms with Crippen LogP contribution >= 0.6 is 0 Å². The molecule has 0 bridgehead atoms. The number of phenols is 1. The van der Waals surface area contributed by atoms with Crippen molar-refractivity contribution in [2.24, 2.45) is 0 Å². The summed E-state index contributed by atoms with van der Waals surface area (Å²) in [5, 5.41) is 20.7. The summed E-state index contributed by atoms with van der Waals surface area (Å²) < 4.78 is 16.0. The first-order valence-corrected chi connectivity index (χ1v) is 6.93. The second kappa shape index (κ2) is 4.80. The van der Waals surface area contributed by atoms with E-state index in [1.807, 2.05) is 13.8 Å². The Kier molecular flexibility index (Phi) is 3.20. The average molecular weight is 294 g/mol. The number of fused-ring (bicyclic) bond motifs is 2. The quantitative estimate of drug-likeness (QED) is 0.798. The van der Waals surface area contributed by atoms with E-state index in [1.165, 1.54) is 7.11 Å². The van der Waals surface area contributed by atoms with Crippen molar-refractivity contribution in [3.63, 3.8) is 0 Å². The number of carbonyl (C=O) groups is 1. The van der Waals surface area contributed by atoms with Crippen molar-refractivity contribution in [3.8, 4) is 17.2 Å². The van der Waals surface area contributed by atoms with Gasteiger partial charge in [-0.1, -0.05) is 0 Å². The molecule has 0 spiro atoms. The van der Waals surface area contributed by atoms with Gasteiger partial charge in [0.25, 0.3) is 0 Å². The van der Waals surface area contributed by atoms with Crippen LogP contribution in [0.15, 0.2) is 0 Å². The highest BCUT2D eigenvalue weighted by Crippen LogP contribution is 2.52. The minimum atomic E-state index is -1.45. The first-order chi connectivity index (χ1) is 9.93. The monoisotopic (exact) mass is 294 g/mol. The van der Waals surface area contributed by atoms with Gasteiger partial charge in [-0.3, -0.25) is 0 Å². The highest BCUT2D eigenvalue weighted by Gasteiger charge is 2.39. The van der Waals surface area contributed by atoms with Crippen LogP contribution in [0.5, 0.6) is 17.2 Å². The number of carbonyl (C=O) groups excluding carboxylic acids is 1. The summed E-state index contributed by atoms with van der Waals surface area (Å²) in [5.74, 6) is 0.0218. The van der Waals surface area contributed by atoms with Gasteiger partial charge in [-0.05, 0) is 13.8 Å². The van der Waals surface area contributed by atoms with E-state index in [0.29, 0.717) is 41.0 Å². The second-order valence-electron chi connectivity index (χ2n) is 5.57. The molecule has 1 aromatic rings. The Hall–Kier alpha value is -1.95. The fraction of sp³-hybridized carbons (Fsp3) is 0.533. The van der Waals surface area contributed by atoms with Crippen LogP contribution < -0.4 is 9.47 Å². The number of esters is 1. The Bertz CT molecular complexity index is 570. The van der Waals surface area contributed by atoms with Crippen LogP contribution in [-0.2, 0) is 22.4 Å². The summed E-state index contributed by atoms with van der Waals surface area (Å²) in [7, 11) is 1.22. The highest BCUT2D eigenvalue weighted by atomic mass is 16.5. The maximum Gasteiger partial charge on any atom is 0.339 e. The molecule has 3 unspecified atom stereocenters. The molecule has 1 aromatic carbocycles. The molecule has 6 heteroatoms. The minimum absolute atomic E-state index is 0.0505. The predicted octanol–water partition coefficient (Wildman–Crippen LogP) is 1.25. The van der Waals surface area contributed by atoms with Crippen LogP contribution in [0.4, 0.5) is 0 Å². The normalized spacial score (nSPS) is 23.8. The molecule has 21 heavy (non-hydrogen) atoms. The van der Waals surface area contributed by atoms with Gasteiger partial charge in [0.15, 0.2) is 17.6 Å². The molecule has 0 saturated heterocycles. The van der Waals surface area contributed by atoms with E-state index < -0.39 is 12.1 Å². The van der Waals surface area contributed by atoms with Crippen molar-refractivity contribution in [1.82, 2.24) is 0 Å². The van der Waals surface area contributed by atoms with Gasteiger partial charge in [0.05, 0.1) is 7.11 Å². The Morgan fingerprint density at radius 3 is 2.38 bits per heavy atom. The van der Waals surface area contributed by atoms with Crippen molar-refractivity contribution in [2.75, 3.05) is 7.11 Å². The molecule has 6 nitrogen and oxygen atoms in total. The molecule has 0 fully saturated rings. The zero-order chi connectivity index (χ0) is 15.3. The minimum Gasteiger partial charge on any atom is -0.504 e. The summed E-state index contributed by atoms with van der Waals surface area (Å²) in [4.78, 5) is 11.7. The number of aliphatic hydroxyl groups excluding tert-OH is 1. The van der Waals surface area contributed by atoms with Gasteiger partial charge in [-0.2, -0.15) is 0 Å². The molecule has 0 radical (unpaired) electrons. The van der Waals surface area contributed by atoms with E-state index >= 15 is 0 Å². The van der Waals surface area contributed by atoms with Crippen molar-refractivity contribution >= 4 is 5.97 Å². The Balaban J connectivity index is 2.21. The lowest BCUT2D eigenvalue weighted by Crippen LogP contribution is -2.17. The first-order valence-electron chi connectivity index (χ1n) is 6.93. The van der Waals surface area contributed by atoms with E-state index in [2.05, 4.69) is 4.74 Å². The number of rotatable bonds is 2. The van der Waals surface area contributed by atoms with Crippen molar-refractivity contribution in [2.45, 2.75) is 45.0 Å². The van der Waals surface area contributed by atoms with Crippen LogP contribution in [0.1, 0.15) is 36.6 Å². The lowest BCUT2D eigenvalue weighted by molar-refractivity contribution is -0.150. The molecule has 0 aliphatic carbocycles. The molecule has 2 aliphatic heterocycles. The van der Waals surface area contributed by atoms with E-state index in [0.717, 1.165) is 0 Å². The molecule has 0 amide bonds. The van der Waals surface area contributed by atoms with E-state index in [1.54, 1.807) is 0 Å². The largest absolute Gasteiger partial charge is 0.504 e. The SMILES string of the molecule is COC(=O)C(O)c1c2c(c(O)c3c1OC(C)C3)OC(C)C2. The number of benzene rings is 1. The maximum absolute atomic E-state index is 11.7. The van der Waals surface area contributed by atoms with Crippen LogP contribution in [0.3, 0.4) is 0 Å². The van der Waals surface area contributed by atoms with E-state index in [-0.39, 0.29) is 18.0 Å². The fourth-order valence-corrected chi connectivity index (χ4v) is 3.04. The summed E-state index contributed by atoms with van der Waals surface area (Å²) in [6.45, 7) is 3.73. The molecule has 0 aromatic heterocycles. The standard InChI is InChI=1S/C15H18O6/c1-6-4-8-10(12(17)15(18)19-3)13-9(5-7(2)20-13)11(16)14(8)21-6/h6-7,12,16-17H,4-5H2,1-3H3. The topological polar surface area (TPSA) is 85.2 Å². The van der Waals surface area contributed by atoms with Gasteiger partial charge in [-0.15, -0.1) is 0 Å². The second-order valence-corrected chi connectivity index (χ2v) is 5.57. The van der Waals surface area contributed by atoms with Crippen LogP contribution in [0.2, 0.25) is 0 Å². The number of aliphatic hydroxyl groups is 1. The molecule has 0 saturated carbocycles. The van der Waals surface area contributed by atoms with E-state index in [4.69, 9.17) is 9.47 Å². The van der Waals surface area contributed by atoms with Gasteiger partial charge in [-0.25, -0.2) is 4.79 Å². The number of ether oxygens (including phenoxy) is 3. The highest BCUT2D eigenvalue weighted by molar-refractivity contribution is 5.80. The van der Waals surface area contributed by atoms with Crippen LogP contribution in [0, 0.1) is 0 Å². The zero-order valence-corrected chi connectivity index (χ0v) is 12.2. The lowest BCUT2D eigenvalue weighted by atomic mass is 9.93. The van der Waals surface area contributed by atoms with Crippen molar-refractivity contribution in [1.29, 1.82) is 0 Å². The van der Waals surface area contributed by atoms with E-state index in [9.17, 15) is 15.0 Å². The number of hydrogen-bond acceptors (Lipinski definition) is 6. The Labute approximate surface area is 122 Å². The van der Waals surface area contributed by atoms with Crippen molar-refractivity contribution < 1.29 is 29.2 Å². The zero-order valence-electron chi connectivity index (χ0n) is 12.2. The number of aromatic hydroxyl groups is 1. The molecular formula is C15H18O6. The number of hydrogen-bond donors (Lipinski definition) is 2. The summed E-state index contributed by atoms with van der Waals surface area (Å²) >= 11 is 0. The molecule has 3 rings (SSSR count). The van der Waals surface area contributed by atoms with Gasteiger partial charge >= 0.3 is 5.97 Å². The molecule has 2 aliphatic rings. The Morgan fingerprint density at radius 2 is 1.76 bits per heavy atom. The third kappa shape index (κ3) is 2.01. The average Bonchev–Trinajstić information content (AvgIpc) is 3.01. The van der Waals surface area contributed by atoms with Gasteiger partial charge in [0.1, 0.15) is 18.0 Å². The van der Waals surface area contributed by atoms with Crippen molar-refractivity contribution in [3.05, 3.63) is 16.7 Å². The summed E-state index contributed by atoms with van der Waals surface area (Å²) in [6.07, 6.45) is -0.703. The number of methoxy groups -OCH3 is 1. The van der Waals surface area contributed by atoms with Gasteiger partial charge < -0.3 is 24.4 Å². The molecular weight excluding hydrogens is 276 g/mol. The summed E-state index contributed by atoms with van der Waals surface area (Å²) in [6, 6.07) is 0.